The molecule has 3 rings (SSSR count). The van der Waals surface area contributed by atoms with Crippen molar-refractivity contribution in [1.29, 1.82) is 0 Å². The SMILES string of the molecule is COc1ccc(CCNC(=O)N2CC3CNCC(C3)C2=O)cc1. The van der Waals surface area contributed by atoms with Crippen molar-refractivity contribution in [3.05, 3.63) is 29.8 Å². The Labute approximate surface area is 136 Å². The van der Waals surface area contributed by atoms with E-state index in [1.54, 1.807) is 7.11 Å². The van der Waals surface area contributed by atoms with Gasteiger partial charge >= 0.3 is 6.03 Å². The summed E-state index contributed by atoms with van der Waals surface area (Å²) in [5.74, 6) is 1.11. The molecule has 0 radical (unpaired) electrons. The molecule has 0 aliphatic carbocycles. The van der Waals surface area contributed by atoms with Gasteiger partial charge in [0.25, 0.3) is 0 Å². The maximum absolute atomic E-state index is 12.3. The highest BCUT2D eigenvalue weighted by Crippen LogP contribution is 2.25. The van der Waals surface area contributed by atoms with Crippen LogP contribution < -0.4 is 15.4 Å². The fourth-order valence-corrected chi connectivity index (χ4v) is 3.31. The van der Waals surface area contributed by atoms with Gasteiger partial charge in [0.1, 0.15) is 5.75 Å². The first-order valence-corrected chi connectivity index (χ1v) is 8.10. The molecule has 2 unspecified atom stereocenters. The molecule has 124 valence electrons. The second-order valence-corrected chi connectivity index (χ2v) is 6.24. The van der Waals surface area contributed by atoms with Crippen molar-refractivity contribution in [1.82, 2.24) is 15.5 Å². The number of carbonyl (C=O) groups is 2. The molecule has 2 N–H and O–H groups in total. The number of amides is 3. The highest BCUT2D eigenvalue weighted by atomic mass is 16.5. The van der Waals surface area contributed by atoms with Crippen LogP contribution in [0.25, 0.3) is 0 Å². The number of urea groups is 1. The predicted octanol–water partition coefficient (Wildman–Crippen LogP) is 1.02. The number of ether oxygens (including phenoxy) is 1. The summed E-state index contributed by atoms with van der Waals surface area (Å²) >= 11 is 0. The molecule has 2 saturated heterocycles. The monoisotopic (exact) mass is 317 g/mol. The van der Waals surface area contributed by atoms with Gasteiger partial charge in [0.15, 0.2) is 0 Å². The molecule has 2 aliphatic heterocycles. The van der Waals surface area contributed by atoms with Crippen LogP contribution >= 0.6 is 0 Å². The molecule has 2 bridgehead atoms. The van der Waals surface area contributed by atoms with E-state index in [1.165, 1.54) is 4.90 Å². The zero-order chi connectivity index (χ0) is 16.2. The minimum atomic E-state index is -0.264. The van der Waals surface area contributed by atoms with Gasteiger partial charge < -0.3 is 15.4 Å². The Balaban J connectivity index is 1.49. The molecule has 0 saturated carbocycles. The third-order valence-corrected chi connectivity index (χ3v) is 4.59. The summed E-state index contributed by atoms with van der Waals surface area (Å²) in [4.78, 5) is 26.0. The van der Waals surface area contributed by atoms with Gasteiger partial charge in [-0.3, -0.25) is 9.69 Å². The molecule has 0 aromatic heterocycles. The van der Waals surface area contributed by atoms with E-state index in [-0.39, 0.29) is 17.9 Å². The average molecular weight is 317 g/mol. The van der Waals surface area contributed by atoms with Gasteiger partial charge in [0, 0.05) is 19.6 Å². The largest absolute Gasteiger partial charge is 0.497 e. The van der Waals surface area contributed by atoms with Crippen molar-refractivity contribution in [2.24, 2.45) is 11.8 Å². The molecule has 3 amide bonds. The van der Waals surface area contributed by atoms with E-state index in [9.17, 15) is 9.59 Å². The number of fused-ring (bicyclic) bond motifs is 2. The van der Waals surface area contributed by atoms with Gasteiger partial charge in [-0.25, -0.2) is 4.79 Å². The van der Waals surface area contributed by atoms with Crippen LogP contribution in [-0.2, 0) is 11.2 Å². The van der Waals surface area contributed by atoms with Gasteiger partial charge in [0.05, 0.1) is 13.0 Å². The maximum Gasteiger partial charge on any atom is 0.324 e. The molecule has 2 atom stereocenters. The number of carbonyl (C=O) groups excluding carboxylic acids is 2. The van der Waals surface area contributed by atoms with Crippen LogP contribution in [0.2, 0.25) is 0 Å². The minimum Gasteiger partial charge on any atom is -0.497 e. The Morgan fingerprint density at radius 1 is 1.35 bits per heavy atom. The fraction of sp³-hybridized carbons (Fsp3) is 0.529. The Bertz CT molecular complexity index is 573. The van der Waals surface area contributed by atoms with Crippen molar-refractivity contribution in [2.45, 2.75) is 12.8 Å². The smallest absolute Gasteiger partial charge is 0.324 e. The molecule has 2 aliphatic rings. The van der Waals surface area contributed by atoms with Gasteiger partial charge in [0.2, 0.25) is 5.91 Å². The number of hydrogen-bond acceptors (Lipinski definition) is 4. The number of rotatable bonds is 4. The fourth-order valence-electron chi connectivity index (χ4n) is 3.31. The van der Waals surface area contributed by atoms with E-state index in [4.69, 9.17) is 4.74 Å². The quantitative estimate of drug-likeness (QED) is 0.870. The predicted molar refractivity (Wildman–Crippen MR) is 86.3 cm³/mol. The number of imide groups is 1. The molecule has 1 aromatic carbocycles. The Kier molecular flexibility index (Phi) is 4.81. The van der Waals surface area contributed by atoms with Crippen LogP contribution in [0.1, 0.15) is 12.0 Å². The lowest BCUT2D eigenvalue weighted by Gasteiger charge is -2.39. The molecule has 23 heavy (non-hydrogen) atoms. The van der Waals surface area contributed by atoms with Crippen molar-refractivity contribution in [2.75, 3.05) is 33.3 Å². The van der Waals surface area contributed by atoms with Crippen LogP contribution in [0.4, 0.5) is 4.79 Å². The molecule has 6 nitrogen and oxygen atoms in total. The number of nitrogens with zero attached hydrogens (tertiary/aromatic N) is 1. The van der Waals surface area contributed by atoms with E-state index in [0.29, 0.717) is 25.6 Å². The normalized spacial score (nSPS) is 23.5. The van der Waals surface area contributed by atoms with E-state index >= 15 is 0 Å². The van der Waals surface area contributed by atoms with Crippen LogP contribution in [0.15, 0.2) is 24.3 Å². The molecule has 0 spiro atoms. The molecule has 2 heterocycles. The van der Waals surface area contributed by atoms with Crippen LogP contribution in [0.5, 0.6) is 5.75 Å². The number of piperidine rings is 2. The standard InChI is InChI=1S/C17H23N3O3/c1-23-15-4-2-12(3-5-15)6-7-19-17(22)20-11-13-8-14(16(20)21)10-18-9-13/h2-5,13-14,18H,6-11H2,1H3,(H,19,22). The second kappa shape index (κ2) is 7.00. The Hall–Kier alpha value is -2.08. The summed E-state index contributed by atoms with van der Waals surface area (Å²) in [7, 11) is 1.63. The first kappa shape index (κ1) is 15.8. The first-order chi connectivity index (χ1) is 11.2. The average Bonchev–Trinajstić information content (AvgIpc) is 2.59. The lowest BCUT2D eigenvalue weighted by atomic mass is 9.85. The van der Waals surface area contributed by atoms with Crippen LogP contribution in [0, 0.1) is 11.8 Å². The van der Waals surface area contributed by atoms with Gasteiger partial charge in [-0.15, -0.1) is 0 Å². The molecule has 1 aromatic rings. The van der Waals surface area contributed by atoms with Crippen LogP contribution in [-0.4, -0.2) is 50.1 Å². The number of methoxy groups -OCH3 is 1. The zero-order valence-electron chi connectivity index (χ0n) is 13.4. The topological polar surface area (TPSA) is 70.7 Å². The number of benzene rings is 1. The lowest BCUT2D eigenvalue weighted by molar-refractivity contribution is -0.137. The third-order valence-electron chi connectivity index (χ3n) is 4.59. The summed E-state index contributed by atoms with van der Waals surface area (Å²) in [6.45, 7) is 2.61. The van der Waals surface area contributed by atoms with Crippen molar-refractivity contribution < 1.29 is 14.3 Å². The Morgan fingerprint density at radius 3 is 2.87 bits per heavy atom. The zero-order valence-corrected chi connectivity index (χ0v) is 13.4. The molecule has 2 fully saturated rings. The summed E-state index contributed by atoms with van der Waals surface area (Å²) < 4.78 is 5.12. The lowest BCUT2D eigenvalue weighted by Crippen LogP contribution is -2.58. The van der Waals surface area contributed by atoms with E-state index in [1.807, 2.05) is 24.3 Å². The third kappa shape index (κ3) is 3.64. The number of likely N-dealkylation sites (tertiary alicyclic amines) is 1. The highest BCUT2D eigenvalue weighted by molar-refractivity contribution is 5.96. The Morgan fingerprint density at radius 2 is 2.13 bits per heavy atom. The highest BCUT2D eigenvalue weighted by Gasteiger charge is 2.39. The van der Waals surface area contributed by atoms with Gasteiger partial charge in [-0.05, 0) is 43.0 Å². The van der Waals surface area contributed by atoms with E-state index in [0.717, 1.165) is 30.7 Å². The molecular formula is C17H23N3O3. The van der Waals surface area contributed by atoms with Crippen LogP contribution in [0.3, 0.4) is 0 Å². The van der Waals surface area contributed by atoms with Crippen molar-refractivity contribution in [3.63, 3.8) is 0 Å². The summed E-state index contributed by atoms with van der Waals surface area (Å²) in [6.07, 6.45) is 1.63. The van der Waals surface area contributed by atoms with Gasteiger partial charge in [-0.1, -0.05) is 12.1 Å². The summed E-state index contributed by atoms with van der Waals surface area (Å²) in [5, 5.41) is 6.12. The summed E-state index contributed by atoms with van der Waals surface area (Å²) in [6, 6.07) is 7.50. The van der Waals surface area contributed by atoms with E-state index < -0.39 is 0 Å². The number of hydrogen-bond donors (Lipinski definition) is 2. The first-order valence-electron chi connectivity index (χ1n) is 8.10. The molecular weight excluding hydrogens is 294 g/mol. The summed E-state index contributed by atoms with van der Waals surface area (Å²) in [5.41, 5.74) is 1.12. The van der Waals surface area contributed by atoms with Crippen molar-refractivity contribution in [3.8, 4) is 5.75 Å². The minimum absolute atomic E-state index is 0.0459. The maximum atomic E-state index is 12.3. The van der Waals surface area contributed by atoms with E-state index in [2.05, 4.69) is 10.6 Å². The van der Waals surface area contributed by atoms with Gasteiger partial charge in [-0.2, -0.15) is 0 Å². The van der Waals surface area contributed by atoms with Crippen molar-refractivity contribution >= 4 is 11.9 Å². The second-order valence-electron chi connectivity index (χ2n) is 6.24. The number of nitrogens with one attached hydrogen (secondary N) is 2. The molecule has 6 heteroatoms.